The van der Waals surface area contributed by atoms with Crippen molar-refractivity contribution in [3.05, 3.63) is 94.3 Å². The molecule has 1 amide bonds. The number of halogens is 3. The lowest BCUT2D eigenvalue weighted by atomic mass is 10.1. The summed E-state index contributed by atoms with van der Waals surface area (Å²) in [5.41, 5.74) is 14.1. The van der Waals surface area contributed by atoms with Crippen molar-refractivity contribution in [1.82, 2.24) is 24.7 Å². The summed E-state index contributed by atoms with van der Waals surface area (Å²) in [6.07, 6.45) is -0.268. The Balaban J connectivity index is 1.61. The Hall–Kier alpha value is -4.84. The van der Waals surface area contributed by atoms with Gasteiger partial charge in [0.2, 0.25) is 0 Å². The Bertz CT molecular complexity index is 1710. The van der Waals surface area contributed by atoms with E-state index in [9.17, 15) is 18.7 Å². The van der Waals surface area contributed by atoms with Gasteiger partial charge in [-0.1, -0.05) is 41.9 Å². The van der Waals surface area contributed by atoms with Gasteiger partial charge in [-0.3, -0.25) is 4.90 Å². The lowest BCUT2D eigenvalue weighted by molar-refractivity contribution is 0.199. The number of rotatable bonds is 6. The molecule has 1 atom stereocenters. The van der Waals surface area contributed by atoms with E-state index < -0.39 is 23.8 Å². The van der Waals surface area contributed by atoms with Crippen LogP contribution in [0.4, 0.5) is 30.9 Å². The maximum absolute atomic E-state index is 14.3. The molecule has 5 aromatic rings. The summed E-state index contributed by atoms with van der Waals surface area (Å²) in [6, 6.07) is 13.3. The first-order chi connectivity index (χ1) is 18.6. The van der Waals surface area contributed by atoms with Crippen molar-refractivity contribution in [2.45, 2.75) is 19.4 Å². The van der Waals surface area contributed by atoms with Crippen molar-refractivity contribution in [3.8, 4) is 5.95 Å². The smallest absolute Gasteiger partial charge is 0.412 e. The van der Waals surface area contributed by atoms with Crippen molar-refractivity contribution in [2.24, 2.45) is 0 Å². The first kappa shape index (κ1) is 25.8. The third-order valence-electron chi connectivity index (χ3n) is 6.15. The lowest BCUT2D eigenvalue weighted by Gasteiger charge is -2.28. The van der Waals surface area contributed by atoms with Crippen LogP contribution in [0.3, 0.4) is 0 Å². The highest BCUT2D eigenvalue weighted by molar-refractivity contribution is 6.30. The number of anilines is 3. The molecule has 5 rings (SSSR count). The van der Waals surface area contributed by atoms with E-state index in [1.165, 1.54) is 16.8 Å². The molecule has 0 saturated heterocycles. The zero-order valence-corrected chi connectivity index (χ0v) is 21.1. The van der Waals surface area contributed by atoms with Crippen molar-refractivity contribution in [1.29, 1.82) is 0 Å². The normalized spacial score (nSPS) is 12.0. The van der Waals surface area contributed by atoms with Crippen LogP contribution in [0.2, 0.25) is 5.02 Å². The van der Waals surface area contributed by atoms with E-state index in [4.69, 9.17) is 23.1 Å². The van der Waals surface area contributed by atoms with Gasteiger partial charge in [-0.2, -0.15) is 19.7 Å². The molecule has 39 heavy (non-hydrogen) atoms. The topological polar surface area (TPSA) is 149 Å². The van der Waals surface area contributed by atoms with Crippen LogP contribution in [-0.2, 0) is 6.42 Å². The van der Waals surface area contributed by atoms with Gasteiger partial charge in [-0.05, 0) is 36.2 Å². The monoisotopic (exact) mass is 550 g/mol. The molecule has 1 unspecified atom stereocenters. The zero-order chi connectivity index (χ0) is 27.8. The Morgan fingerprint density at radius 1 is 1.10 bits per heavy atom. The molecule has 2 aromatic carbocycles. The summed E-state index contributed by atoms with van der Waals surface area (Å²) < 4.78 is 29.7. The molecule has 198 valence electrons. The van der Waals surface area contributed by atoms with Crippen molar-refractivity contribution in [3.63, 3.8) is 0 Å². The Labute approximate surface area is 225 Å². The lowest BCUT2D eigenvalue weighted by Crippen LogP contribution is -2.34. The maximum atomic E-state index is 14.3. The number of carboxylic acid groups (broad SMARTS) is 1. The van der Waals surface area contributed by atoms with Gasteiger partial charge in [0.1, 0.15) is 22.8 Å². The van der Waals surface area contributed by atoms with E-state index in [-0.39, 0.29) is 35.2 Å². The number of pyridine rings is 1. The quantitative estimate of drug-likeness (QED) is 0.263. The van der Waals surface area contributed by atoms with Crippen LogP contribution in [0.15, 0.2) is 60.8 Å². The predicted molar refractivity (Wildman–Crippen MR) is 143 cm³/mol. The molecular weight excluding hydrogens is 530 g/mol. The van der Waals surface area contributed by atoms with Gasteiger partial charge < -0.3 is 16.6 Å². The van der Waals surface area contributed by atoms with Gasteiger partial charge in [0.25, 0.3) is 5.95 Å². The van der Waals surface area contributed by atoms with Gasteiger partial charge in [-0.25, -0.2) is 18.6 Å². The summed E-state index contributed by atoms with van der Waals surface area (Å²) in [4.78, 5) is 25.9. The van der Waals surface area contributed by atoms with Gasteiger partial charge in [-0.15, -0.1) is 0 Å². The number of fused-ring (bicyclic) bond motifs is 1. The SMILES string of the molecule is CC(c1cccc(Cl)c1)N(C(=O)O)c1c(N)nc(-n2nc(Cc3ccccc3F)c3ncc(F)cc32)nc1N. The number of hydrogen-bond acceptors (Lipinski definition) is 7. The van der Waals surface area contributed by atoms with Crippen LogP contribution in [0.25, 0.3) is 17.0 Å². The molecule has 0 bridgehead atoms. The zero-order valence-electron chi connectivity index (χ0n) is 20.4. The summed E-state index contributed by atoms with van der Waals surface area (Å²) in [5.74, 6) is -1.73. The molecule has 5 N–H and O–H groups in total. The van der Waals surface area contributed by atoms with E-state index in [1.54, 1.807) is 49.4 Å². The molecule has 13 heteroatoms. The fourth-order valence-corrected chi connectivity index (χ4v) is 4.52. The molecule has 10 nitrogen and oxygen atoms in total. The number of nitrogens with two attached hydrogens (primary N) is 2. The molecule has 0 radical (unpaired) electrons. The fraction of sp³-hybridized carbons (Fsp3) is 0.115. The average molecular weight is 551 g/mol. The van der Waals surface area contributed by atoms with E-state index in [2.05, 4.69) is 20.1 Å². The fourth-order valence-electron chi connectivity index (χ4n) is 4.32. The molecule has 0 aliphatic heterocycles. The minimum absolute atomic E-state index is 0.0573. The summed E-state index contributed by atoms with van der Waals surface area (Å²) in [7, 11) is 0. The number of carbonyl (C=O) groups is 1. The Morgan fingerprint density at radius 2 is 1.82 bits per heavy atom. The number of aromatic nitrogens is 5. The van der Waals surface area contributed by atoms with Crippen LogP contribution in [0, 0.1) is 11.6 Å². The summed E-state index contributed by atoms with van der Waals surface area (Å²) >= 11 is 6.09. The maximum Gasteiger partial charge on any atom is 0.412 e. The third kappa shape index (κ3) is 4.89. The summed E-state index contributed by atoms with van der Waals surface area (Å²) in [6.45, 7) is 1.64. The molecule has 3 heterocycles. The second-order valence-electron chi connectivity index (χ2n) is 8.67. The number of amides is 1. The predicted octanol–water partition coefficient (Wildman–Crippen LogP) is 5.14. The third-order valence-corrected chi connectivity index (χ3v) is 6.39. The van der Waals surface area contributed by atoms with Crippen LogP contribution in [0.1, 0.15) is 29.8 Å². The minimum Gasteiger partial charge on any atom is -0.465 e. The highest BCUT2D eigenvalue weighted by Gasteiger charge is 2.29. The van der Waals surface area contributed by atoms with Gasteiger partial charge in [0.05, 0.1) is 23.4 Å². The summed E-state index contributed by atoms with van der Waals surface area (Å²) in [5, 5.41) is 14.9. The number of nitrogen functional groups attached to an aromatic ring is 2. The van der Waals surface area contributed by atoms with Gasteiger partial charge >= 0.3 is 6.09 Å². The number of nitrogens with zero attached hydrogens (tertiary/aromatic N) is 6. The molecule has 0 aliphatic rings. The largest absolute Gasteiger partial charge is 0.465 e. The van der Waals surface area contributed by atoms with E-state index in [1.807, 2.05) is 0 Å². The van der Waals surface area contributed by atoms with E-state index >= 15 is 0 Å². The Morgan fingerprint density at radius 3 is 2.49 bits per heavy atom. The van der Waals surface area contributed by atoms with E-state index in [0.29, 0.717) is 27.4 Å². The van der Waals surface area contributed by atoms with Crippen LogP contribution in [-0.4, -0.2) is 35.9 Å². The van der Waals surface area contributed by atoms with Crippen molar-refractivity contribution < 1.29 is 18.7 Å². The standard InChI is InChI=1S/C26H21ClF2N8O2/c1-13(14-6-4-7-16(27)9-14)36(26(38)39)22-23(30)33-25(34-24(22)31)37-20-11-17(28)12-32-21(20)19(35-37)10-15-5-2-3-8-18(15)29/h2-9,11-13H,10H2,1H3,(H,38,39)(H4,30,31,33,34). The second-order valence-corrected chi connectivity index (χ2v) is 9.11. The van der Waals surface area contributed by atoms with Gasteiger partial charge in [0, 0.05) is 17.5 Å². The van der Waals surface area contributed by atoms with Crippen molar-refractivity contribution in [2.75, 3.05) is 16.4 Å². The first-order valence-corrected chi connectivity index (χ1v) is 12.0. The first-order valence-electron chi connectivity index (χ1n) is 11.6. The van der Waals surface area contributed by atoms with Gasteiger partial charge in [0.15, 0.2) is 11.6 Å². The average Bonchev–Trinajstić information content (AvgIpc) is 3.24. The number of hydrogen-bond donors (Lipinski definition) is 3. The van der Waals surface area contributed by atoms with Crippen LogP contribution >= 0.6 is 11.6 Å². The van der Waals surface area contributed by atoms with Crippen molar-refractivity contribution >= 4 is 46.1 Å². The molecule has 0 saturated carbocycles. The molecule has 0 spiro atoms. The molecular formula is C26H21ClF2N8O2. The van der Waals surface area contributed by atoms with Crippen LogP contribution in [0.5, 0.6) is 0 Å². The number of benzene rings is 2. The highest BCUT2D eigenvalue weighted by atomic mass is 35.5. The van der Waals surface area contributed by atoms with E-state index in [0.717, 1.165) is 11.1 Å². The highest BCUT2D eigenvalue weighted by Crippen LogP contribution is 2.36. The molecule has 0 aliphatic carbocycles. The molecule has 3 aromatic heterocycles. The Kier molecular flexibility index (Phi) is 6.71. The minimum atomic E-state index is -1.35. The second kappa shape index (κ2) is 10.1. The van der Waals surface area contributed by atoms with Crippen LogP contribution < -0.4 is 16.4 Å². The molecule has 0 fully saturated rings.